The molecule has 2 heteroatoms. The summed E-state index contributed by atoms with van der Waals surface area (Å²) in [5.41, 5.74) is 0. The molecule has 2 unspecified atom stereocenters. The van der Waals surface area contributed by atoms with Crippen LogP contribution in [0.1, 0.15) is 12.8 Å². The first-order valence-electron chi connectivity index (χ1n) is 4.24. The first-order chi connectivity index (χ1) is 4.93. The van der Waals surface area contributed by atoms with E-state index in [9.17, 15) is 0 Å². The third kappa shape index (κ3) is 0.294. The number of hydrogen-bond donors (Lipinski definition) is 0. The molecule has 4 aliphatic heterocycles. The van der Waals surface area contributed by atoms with Crippen molar-refractivity contribution in [1.82, 2.24) is 0 Å². The number of hydrogen-bond acceptors (Lipinski definition) is 2. The van der Waals surface area contributed by atoms with Crippen molar-refractivity contribution in [1.29, 1.82) is 0 Å². The molecule has 0 N–H and O–H groups in total. The topological polar surface area (TPSA) is 18.5 Å². The van der Waals surface area contributed by atoms with Gasteiger partial charge in [0.1, 0.15) is 0 Å². The molecule has 0 amide bonds. The maximum Gasteiger partial charge on any atom is 0.0661 e. The molecule has 6 fully saturated rings. The van der Waals surface area contributed by atoms with Gasteiger partial charge in [0.2, 0.25) is 0 Å². The average Bonchev–Trinajstić information content (AvgIpc) is 2.04. The van der Waals surface area contributed by atoms with Crippen molar-refractivity contribution in [3.8, 4) is 0 Å². The predicted octanol–water partition coefficient (Wildman–Crippen LogP) is 0.561. The van der Waals surface area contributed by atoms with E-state index >= 15 is 0 Å². The van der Waals surface area contributed by atoms with Gasteiger partial charge in [-0.25, -0.2) is 0 Å². The fraction of sp³-hybridized carbons (Fsp3) is 1.00. The molecule has 4 saturated heterocycles. The van der Waals surface area contributed by atoms with Gasteiger partial charge in [0.05, 0.1) is 24.4 Å². The van der Waals surface area contributed by atoms with Crippen LogP contribution in [-0.4, -0.2) is 24.4 Å². The van der Waals surface area contributed by atoms with Crippen LogP contribution in [-0.2, 0) is 9.47 Å². The Morgan fingerprint density at radius 3 is 1.30 bits per heavy atom. The number of rotatable bonds is 0. The Kier molecular flexibility index (Phi) is 0.551. The molecule has 0 aromatic rings. The summed E-state index contributed by atoms with van der Waals surface area (Å²) in [5.74, 6) is 1.63. The molecule has 0 spiro atoms. The standard InChI is InChI=1S/C8H10O2/c1-3-7-5-2-6(10-5)8(7)4(1)9-3/h3-8H,1-2H2/t3-,4+,5+,6-,7?,8?. The van der Waals surface area contributed by atoms with Gasteiger partial charge in [0.25, 0.3) is 0 Å². The van der Waals surface area contributed by atoms with Crippen molar-refractivity contribution in [3.05, 3.63) is 0 Å². The van der Waals surface area contributed by atoms with E-state index in [1.54, 1.807) is 0 Å². The minimum atomic E-state index is 0.604. The van der Waals surface area contributed by atoms with E-state index in [1.807, 2.05) is 0 Å². The highest BCUT2D eigenvalue weighted by atomic mass is 16.6. The summed E-state index contributed by atoms with van der Waals surface area (Å²) in [6, 6.07) is 0. The molecule has 10 heavy (non-hydrogen) atoms. The average molecular weight is 138 g/mol. The van der Waals surface area contributed by atoms with Gasteiger partial charge < -0.3 is 9.47 Å². The van der Waals surface area contributed by atoms with Gasteiger partial charge in [-0.3, -0.25) is 0 Å². The Labute approximate surface area is 59.5 Å². The van der Waals surface area contributed by atoms with E-state index in [2.05, 4.69) is 0 Å². The summed E-state index contributed by atoms with van der Waals surface area (Å²) in [7, 11) is 0. The lowest BCUT2D eigenvalue weighted by atomic mass is 10.0. The molecule has 54 valence electrons. The normalized spacial score (nSPS) is 74.4. The SMILES string of the molecule is C1[C@@H]2O[C@H]1C1C2[C@H]2C[C@@H]1O2. The molecule has 2 saturated carbocycles. The highest BCUT2D eigenvalue weighted by Gasteiger charge is 2.68. The zero-order valence-corrected chi connectivity index (χ0v) is 5.69. The second-order valence-corrected chi connectivity index (χ2v) is 4.05. The van der Waals surface area contributed by atoms with Crippen LogP contribution >= 0.6 is 0 Å². The fourth-order valence-electron chi connectivity index (χ4n) is 3.35. The first kappa shape index (κ1) is 4.73. The van der Waals surface area contributed by atoms with Crippen LogP contribution in [0.5, 0.6) is 0 Å². The molecule has 6 aliphatic rings. The van der Waals surface area contributed by atoms with Crippen molar-refractivity contribution in [2.45, 2.75) is 37.3 Å². The van der Waals surface area contributed by atoms with E-state index in [4.69, 9.17) is 9.47 Å². The quantitative estimate of drug-likeness (QED) is 0.487. The molecule has 6 rings (SSSR count). The van der Waals surface area contributed by atoms with Crippen LogP contribution in [0, 0.1) is 11.8 Å². The van der Waals surface area contributed by atoms with Crippen LogP contribution in [0.3, 0.4) is 0 Å². The van der Waals surface area contributed by atoms with E-state index < -0.39 is 0 Å². The molecule has 0 radical (unpaired) electrons. The molecule has 2 nitrogen and oxygen atoms in total. The van der Waals surface area contributed by atoms with Gasteiger partial charge in [-0.05, 0) is 0 Å². The van der Waals surface area contributed by atoms with E-state index in [1.165, 1.54) is 12.8 Å². The second-order valence-electron chi connectivity index (χ2n) is 4.05. The van der Waals surface area contributed by atoms with Crippen LogP contribution in [0.4, 0.5) is 0 Å². The Balaban J connectivity index is 1.85. The van der Waals surface area contributed by atoms with E-state index in [0.29, 0.717) is 24.4 Å². The van der Waals surface area contributed by atoms with Gasteiger partial charge in [0.15, 0.2) is 0 Å². The van der Waals surface area contributed by atoms with Gasteiger partial charge >= 0.3 is 0 Å². The Hall–Kier alpha value is -0.0800. The maximum atomic E-state index is 5.64. The van der Waals surface area contributed by atoms with Crippen molar-refractivity contribution in [2.75, 3.05) is 0 Å². The van der Waals surface area contributed by atoms with E-state index in [0.717, 1.165) is 11.8 Å². The van der Waals surface area contributed by atoms with Gasteiger partial charge in [-0.1, -0.05) is 0 Å². The monoisotopic (exact) mass is 138 g/mol. The van der Waals surface area contributed by atoms with E-state index in [-0.39, 0.29) is 0 Å². The van der Waals surface area contributed by atoms with Gasteiger partial charge in [0, 0.05) is 24.7 Å². The molecule has 0 aromatic carbocycles. The highest BCUT2D eigenvalue weighted by molar-refractivity contribution is 5.15. The van der Waals surface area contributed by atoms with Crippen molar-refractivity contribution in [3.63, 3.8) is 0 Å². The molecular weight excluding hydrogens is 128 g/mol. The smallest absolute Gasteiger partial charge is 0.0661 e. The fourth-order valence-corrected chi connectivity index (χ4v) is 3.35. The molecule has 6 atom stereocenters. The zero-order valence-electron chi connectivity index (χ0n) is 5.69. The lowest BCUT2D eigenvalue weighted by molar-refractivity contribution is -0.167. The molecule has 2 aliphatic carbocycles. The lowest BCUT2D eigenvalue weighted by Crippen LogP contribution is -2.42. The summed E-state index contributed by atoms with van der Waals surface area (Å²) >= 11 is 0. The highest BCUT2D eigenvalue weighted by Crippen LogP contribution is 2.61. The molecule has 0 aromatic heterocycles. The second kappa shape index (κ2) is 1.16. The molecule has 4 bridgehead atoms. The minimum absolute atomic E-state index is 0.604. The van der Waals surface area contributed by atoms with Gasteiger partial charge in [-0.2, -0.15) is 0 Å². The lowest BCUT2D eigenvalue weighted by Gasteiger charge is -2.37. The largest absolute Gasteiger partial charge is 0.374 e. The maximum absolute atomic E-state index is 5.64. The number of ether oxygens (including phenoxy) is 2. The Morgan fingerprint density at radius 2 is 1.00 bits per heavy atom. The third-order valence-corrected chi connectivity index (χ3v) is 3.79. The van der Waals surface area contributed by atoms with Crippen LogP contribution in [0.2, 0.25) is 0 Å². The summed E-state index contributed by atoms with van der Waals surface area (Å²) in [5, 5.41) is 0. The van der Waals surface area contributed by atoms with Crippen LogP contribution in [0.25, 0.3) is 0 Å². The third-order valence-electron chi connectivity index (χ3n) is 3.79. The summed E-state index contributed by atoms with van der Waals surface area (Å²) < 4.78 is 11.3. The van der Waals surface area contributed by atoms with Crippen LogP contribution in [0.15, 0.2) is 0 Å². The minimum Gasteiger partial charge on any atom is -0.374 e. The Morgan fingerprint density at radius 1 is 0.700 bits per heavy atom. The van der Waals surface area contributed by atoms with Crippen molar-refractivity contribution >= 4 is 0 Å². The molecule has 4 heterocycles. The summed E-state index contributed by atoms with van der Waals surface area (Å²) in [6.07, 6.45) is 5.09. The van der Waals surface area contributed by atoms with Gasteiger partial charge in [-0.15, -0.1) is 0 Å². The predicted molar refractivity (Wildman–Crippen MR) is 33.5 cm³/mol. The summed E-state index contributed by atoms with van der Waals surface area (Å²) in [6.45, 7) is 0. The van der Waals surface area contributed by atoms with Crippen molar-refractivity contribution < 1.29 is 9.47 Å². The Bertz CT molecular complexity index is 153. The summed E-state index contributed by atoms with van der Waals surface area (Å²) in [4.78, 5) is 0. The van der Waals surface area contributed by atoms with Crippen LogP contribution < -0.4 is 0 Å². The molecular formula is C8H10O2. The zero-order chi connectivity index (χ0) is 6.29. The first-order valence-corrected chi connectivity index (χ1v) is 4.24. The van der Waals surface area contributed by atoms with Crippen molar-refractivity contribution in [2.24, 2.45) is 11.8 Å².